The van der Waals surface area contributed by atoms with E-state index in [4.69, 9.17) is 5.14 Å². The Hall–Kier alpha value is -1.05. The van der Waals surface area contributed by atoms with Crippen molar-refractivity contribution in [1.82, 2.24) is 0 Å². The summed E-state index contributed by atoms with van der Waals surface area (Å²) in [6.45, 7) is 0. The second-order valence-electron chi connectivity index (χ2n) is 3.04. The van der Waals surface area contributed by atoms with E-state index in [0.29, 0.717) is 11.4 Å². The molecule has 0 unspecified atom stereocenters. The van der Waals surface area contributed by atoms with Crippen molar-refractivity contribution in [1.29, 1.82) is 0 Å². The zero-order chi connectivity index (χ0) is 11.1. The predicted molar refractivity (Wildman–Crippen MR) is 57.2 cm³/mol. The largest absolute Gasteiger partial charge is 0.324 e. The Labute approximate surface area is 91.1 Å². The number of thioether (sulfide) groups is 1. The SMILES string of the molecule is NS(=O)(=O)c1ccc2c(c1)NC(=O)CS2. The Morgan fingerprint density at radius 3 is 2.80 bits per heavy atom. The lowest BCUT2D eigenvalue weighted by molar-refractivity contribution is -0.113. The lowest BCUT2D eigenvalue weighted by atomic mass is 10.3. The molecule has 1 aromatic carbocycles. The van der Waals surface area contributed by atoms with Crippen molar-refractivity contribution >= 4 is 33.4 Å². The van der Waals surface area contributed by atoms with Gasteiger partial charge in [-0.3, -0.25) is 4.79 Å². The molecule has 1 aromatic rings. The second-order valence-corrected chi connectivity index (χ2v) is 5.62. The first kappa shape index (κ1) is 10.5. The second kappa shape index (κ2) is 3.51. The maximum absolute atomic E-state index is 11.1. The molecule has 15 heavy (non-hydrogen) atoms. The molecule has 5 nitrogen and oxygen atoms in total. The Morgan fingerprint density at radius 1 is 1.40 bits per heavy atom. The van der Waals surface area contributed by atoms with Gasteiger partial charge in [0.1, 0.15) is 0 Å². The minimum Gasteiger partial charge on any atom is -0.324 e. The van der Waals surface area contributed by atoms with Gasteiger partial charge in [-0.25, -0.2) is 13.6 Å². The molecule has 0 fully saturated rings. The number of carbonyl (C=O) groups excluding carboxylic acids is 1. The first-order valence-corrected chi connectivity index (χ1v) is 6.59. The van der Waals surface area contributed by atoms with Crippen LogP contribution in [0.15, 0.2) is 28.0 Å². The number of nitrogens with two attached hydrogens (primary N) is 1. The van der Waals surface area contributed by atoms with Crippen LogP contribution in [0.3, 0.4) is 0 Å². The fourth-order valence-electron chi connectivity index (χ4n) is 1.24. The van der Waals surface area contributed by atoms with Gasteiger partial charge in [0.15, 0.2) is 0 Å². The highest BCUT2D eigenvalue weighted by molar-refractivity contribution is 8.00. The van der Waals surface area contributed by atoms with Gasteiger partial charge in [0.2, 0.25) is 15.9 Å². The summed E-state index contributed by atoms with van der Waals surface area (Å²) in [4.78, 5) is 11.9. The molecule has 0 aliphatic carbocycles. The van der Waals surface area contributed by atoms with Crippen LogP contribution in [0.4, 0.5) is 5.69 Å². The minimum absolute atomic E-state index is 0.00375. The van der Waals surface area contributed by atoms with E-state index in [1.165, 1.54) is 23.9 Å². The van der Waals surface area contributed by atoms with E-state index in [1.54, 1.807) is 6.07 Å². The van der Waals surface area contributed by atoms with Crippen molar-refractivity contribution in [2.45, 2.75) is 9.79 Å². The fraction of sp³-hybridized carbons (Fsp3) is 0.125. The number of amides is 1. The lowest BCUT2D eigenvalue weighted by Gasteiger charge is -2.16. The monoisotopic (exact) mass is 244 g/mol. The number of nitrogens with one attached hydrogen (secondary N) is 1. The molecule has 0 spiro atoms. The van der Waals surface area contributed by atoms with Gasteiger partial charge in [0, 0.05) is 4.90 Å². The van der Waals surface area contributed by atoms with Crippen LogP contribution in [-0.2, 0) is 14.8 Å². The average Bonchev–Trinajstić information content (AvgIpc) is 2.15. The van der Waals surface area contributed by atoms with Crippen LogP contribution in [0.5, 0.6) is 0 Å². The van der Waals surface area contributed by atoms with Gasteiger partial charge in [-0.2, -0.15) is 0 Å². The van der Waals surface area contributed by atoms with E-state index >= 15 is 0 Å². The number of carbonyl (C=O) groups is 1. The highest BCUT2D eigenvalue weighted by atomic mass is 32.2. The Kier molecular flexibility index (Phi) is 2.45. The highest BCUT2D eigenvalue weighted by Gasteiger charge is 2.17. The highest BCUT2D eigenvalue weighted by Crippen LogP contribution is 2.32. The predicted octanol–water partition coefficient (Wildman–Crippen LogP) is 0.378. The Balaban J connectivity index is 2.50. The molecule has 0 bridgehead atoms. The maximum Gasteiger partial charge on any atom is 0.238 e. The number of rotatable bonds is 1. The molecule has 7 heteroatoms. The van der Waals surface area contributed by atoms with Gasteiger partial charge in [-0.05, 0) is 18.2 Å². The van der Waals surface area contributed by atoms with Crippen molar-refractivity contribution in [3.05, 3.63) is 18.2 Å². The van der Waals surface area contributed by atoms with Crippen LogP contribution in [0.25, 0.3) is 0 Å². The van der Waals surface area contributed by atoms with Gasteiger partial charge in [-0.1, -0.05) is 0 Å². The van der Waals surface area contributed by atoms with Crippen molar-refractivity contribution < 1.29 is 13.2 Å². The molecular formula is C8H8N2O3S2. The van der Waals surface area contributed by atoms with Gasteiger partial charge < -0.3 is 5.32 Å². The van der Waals surface area contributed by atoms with Gasteiger partial charge >= 0.3 is 0 Å². The van der Waals surface area contributed by atoms with Crippen LogP contribution in [-0.4, -0.2) is 20.1 Å². The zero-order valence-electron chi connectivity index (χ0n) is 7.56. The van der Waals surface area contributed by atoms with E-state index in [9.17, 15) is 13.2 Å². The molecule has 1 amide bonds. The number of anilines is 1. The lowest BCUT2D eigenvalue weighted by Crippen LogP contribution is -2.19. The van der Waals surface area contributed by atoms with Crippen LogP contribution in [0.2, 0.25) is 0 Å². The molecule has 80 valence electrons. The van der Waals surface area contributed by atoms with Crippen LogP contribution < -0.4 is 10.5 Å². The Morgan fingerprint density at radius 2 is 2.13 bits per heavy atom. The summed E-state index contributed by atoms with van der Waals surface area (Å²) in [5.74, 6) is 0.209. The molecule has 0 radical (unpaired) electrons. The molecule has 0 saturated carbocycles. The van der Waals surface area contributed by atoms with Crippen molar-refractivity contribution in [3.63, 3.8) is 0 Å². The minimum atomic E-state index is -3.71. The van der Waals surface area contributed by atoms with E-state index in [2.05, 4.69) is 5.32 Å². The van der Waals surface area contributed by atoms with Crippen LogP contribution in [0, 0.1) is 0 Å². The molecule has 0 saturated heterocycles. The summed E-state index contributed by atoms with van der Waals surface area (Å²) in [5.41, 5.74) is 0.503. The first-order valence-electron chi connectivity index (χ1n) is 4.06. The van der Waals surface area contributed by atoms with Crippen molar-refractivity contribution in [3.8, 4) is 0 Å². The molecule has 0 atom stereocenters. The Bertz CT molecular complexity index is 525. The fourth-order valence-corrected chi connectivity index (χ4v) is 2.57. The van der Waals surface area contributed by atoms with Gasteiger partial charge in [0.05, 0.1) is 16.3 Å². The number of fused-ring (bicyclic) bond motifs is 1. The van der Waals surface area contributed by atoms with Crippen molar-refractivity contribution in [2.75, 3.05) is 11.1 Å². The number of benzene rings is 1. The molecule has 1 aliphatic heterocycles. The molecule has 1 aliphatic rings. The van der Waals surface area contributed by atoms with Gasteiger partial charge in [0.25, 0.3) is 0 Å². The third-order valence-corrected chi connectivity index (χ3v) is 3.90. The normalized spacial score (nSPS) is 15.7. The molecule has 2 rings (SSSR count). The summed E-state index contributed by atoms with van der Waals surface area (Å²) < 4.78 is 22.1. The maximum atomic E-state index is 11.1. The quantitative estimate of drug-likeness (QED) is 0.747. The summed E-state index contributed by atoms with van der Waals surface area (Å²) in [6.07, 6.45) is 0. The smallest absolute Gasteiger partial charge is 0.238 e. The first-order chi connectivity index (χ1) is 6.97. The van der Waals surface area contributed by atoms with E-state index in [0.717, 1.165) is 4.90 Å². The zero-order valence-corrected chi connectivity index (χ0v) is 9.19. The van der Waals surface area contributed by atoms with E-state index in [-0.39, 0.29) is 10.8 Å². The van der Waals surface area contributed by atoms with Crippen LogP contribution in [0.1, 0.15) is 0 Å². The van der Waals surface area contributed by atoms with Gasteiger partial charge in [-0.15, -0.1) is 11.8 Å². The van der Waals surface area contributed by atoms with Crippen LogP contribution >= 0.6 is 11.8 Å². The summed E-state index contributed by atoms with van der Waals surface area (Å²) >= 11 is 1.37. The number of hydrogen-bond acceptors (Lipinski definition) is 4. The van der Waals surface area contributed by atoms with Crippen molar-refractivity contribution in [2.24, 2.45) is 5.14 Å². The molecule has 3 N–H and O–H groups in total. The average molecular weight is 244 g/mol. The number of primary sulfonamides is 1. The standard InChI is InChI=1S/C8H8N2O3S2/c9-15(12,13)5-1-2-7-6(3-5)10-8(11)4-14-7/h1-3H,4H2,(H,10,11)(H2,9,12,13). The third kappa shape index (κ3) is 2.14. The number of sulfonamides is 1. The van der Waals surface area contributed by atoms with E-state index < -0.39 is 10.0 Å². The molecule has 1 heterocycles. The summed E-state index contributed by atoms with van der Waals surface area (Å²) in [6, 6.07) is 4.44. The topological polar surface area (TPSA) is 89.3 Å². The van der Waals surface area contributed by atoms with E-state index in [1.807, 2.05) is 0 Å². The summed E-state index contributed by atoms with van der Waals surface area (Å²) in [7, 11) is -3.71. The third-order valence-electron chi connectivity index (χ3n) is 1.91. The molecule has 0 aromatic heterocycles. The number of hydrogen-bond donors (Lipinski definition) is 2. The summed E-state index contributed by atoms with van der Waals surface area (Å²) in [5, 5.41) is 7.57. The molecular weight excluding hydrogens is 236 g/mol.